The molecule has 1 aromatic heterocycles. The van der Waals surface area contributed by atoms with Crippen molar-refractivity contribution in [3.8, 4) is 0 Å². The van der Waals surface area contributed by atoms with Crippen molar-refractivity contribution in [3.05, 3.63) is 17.2 Å². The molecule has 0 bridgehead atoms. The summed E-state index contributed by atoms with van der Waals surface area (Å²) in [4.78, 5) is 4.06. The summed E-state index contributed by atoms with van der Waals surface area (Å²) in [5.74, 6) is 0.437. The molecule has 0 aliphatic heterocycles. The molecule has 0 saturated heterocycles. The molecule has 1 aliphatic rings. The fraction of sp³-hybridized carbons (Fsp3) is 0.667. The van der Waals surface area contributed by atoms with Crippen molar-refractivity contribution < 1.29 is 0 Å². The molecule has 0 spiro atoms. The van der Waals surface area contributed by atoms with Crippen LogP contribution in [0.4, 0.5) is 0 Å². The van der Waals surface area contributed by atoms with Gasteiger partial charge < -0.3 is 4.57 Å². The molecule has 4 heteroatoms. The predicted molar refractivity (Wildman–Crippen MR) is 54.5 cm³/mol. The highest BCUT2D eigenvalue weighted by atomic mass is 35.5. The summed E-state index contributed by atoms with van der Waals surface area (Å²) in [7, 11) is 1.94. The number of hydrogen-bond acceptors (Lipinski definition) is 1. The quantitative estimate of drug-likeness (QED) is 0.664. The zero-order valence-electron chi connectivity index (χ0n) is 7.50. The lowest BCUT2D eigenvalue weighted by Crippen LogP contribution is -2.09. The maximum absolute atomic E-state index is 6.21. The number of nitrogens with zero attached hydrogens (tertiary/aromatic N) is 2. The van der Waals surface area contributed by atoms with Crippen LogP contribution in [0.3, 0.4) is 0 Å². The van der Waals surface area contributed by atoms with Crippen LogP contribution < -0.4 is 0 Å². The number of hydrogen-bond donors (Lipinski definition) is 0. The number of halogens is 2. The Kier molecular flexibility index (Phi) is 2.52. The van der Waals surface area contributed by atoms with Gasteiger partial charge in [-0.1, -0.05) is 6.42 Å². The molecule has 0 radical (unpaired) electrons. The normalized spacial score (nSPS) is 28.2. The van der Waals surface area contributed by atoms with E-state index < -0.39 is 0 Å². The lowest BCUT2D eigenvalue weighted by Gasteiger charge is -2.13. The minimum absolute atomic E-state index is 0.256. The van der Waals surface area contributed by atoms with Crippen molar-refractivity contribution in [3.63, 3.8) is 0 Å². The van der Waals surface area contributed by atoms with Gasteiger partial charge in [0.2, 0.25) is 5.28 Å². The zero-order chi connectivity index (χ0) is 9.42. The highest BCUT2D eigenvalue weighted by Crippen LogP contribution is 2.38. The van der Waals surface area contributed by atoms with Gasteiger partial charge in [0.05, 0.1) is 6.20 Å². The molecule has 1 aliphatic carbocycles. The summed E-state index contributed by atoms with van der Waals surface area (Å²) >= 11 is 12.1. The third kappa shape index (κ3) is 1.57. The first-order chi connectivity index (χ1) is 6.20. The highest BCUT2D eigenvalue weighted by molar-refractivity contribution is 6.28. The Morgan fingerprint density at radius 1 is 1.54 bits per heavy atom. The van der Waals surface area contributed by atoms with Crippen LogP contribution in [0.1, 0.15) is 30.9 Å². The fourth-order valence-electron chi connectivity index (χ4n) is 1.99. The molecule has 13 heavy (non-hydrogen) atoms. The Morgan fingerprint density at radius 3 is 2.77 bits per heavy atom. The van der Waals surface area contributed by atoms with E-state index in [0.717, 1.165) is 12.8 Å². The van der Waals surface area contributed by atoms with Crippen molar-refractivity contribution in [1.29, 1.82) is 0 Å². The van der Waals surface area contributed by atoms with E-state index in [4.69, 9.17) is 23.2 Å². The van der Waals surface area contributed by atoms with Crippen LogP contribution in [0, 0.1) is 0 Å². The van der Waals surface area contributed by atoms with Gasteiger partial charge in [0.15, 0.2) is 0 Å². The van der Waals surface area contributed by atoms with Gasteiger partial charge in [-0.3, -0.25) is 0 Å². The molecule has 1 fully saturated rings. The molecule has 0 N–H and O–H groups in total. The third-order valence-corrected chi connectivity index (χ3v) is 3.65. The number of imidazole rings is 1. The standard InChI is InChI=1S/C9H12Cl2N2/c1-13-8(5-12-9(13)11)6-3-2-4-7(6)10/h5-7H,2-4H2,1H3. The van der Waals surface area contributed by atoms with Crippen molar-refractivity contribution in [2.75, 3.05) is 0 Å². The van der Waals surface area contributed by atoms with Crippen LogP contribution in [-0.4, -0.2) is 14.9 Å². The molecule has 2 rings (SSSR count). The molecule has 0 amide bonds. The second-order valence-corrected chi connectivity index (χ2v) is 4.46. The van der Waals surface area contributed by atoms with Crippen molar-refractivity contribution in [1.82, 2.24) is 9.55 Å². The van der Waals surface area contributed by atoms with Gasteiger partial charge in [0, 0.05) is 24.0 Å². The largest absolute Gasteiger partial charge is 0.322 e. The molecule has 2 atom stereocenters. The van der Waals surface area contributed by atoms with Crippen LogP contribution in [0.25, 0.3) is 0 Å². The van der Waals surface area contributed by atoms with Crippen LogP contribution in [0.5, 0.6) is 0 Å². The van der Waals surface area contributed by atoms with Crippen LogP contribution in [0.2, 0.25) is 5.28 Å². The summed E-state index contributed by atoms with van der Waals surface area (Å²) in [6, 6.07) is 0. The summed E-state index contributed by atoms with van der Waals surface area (Å²) in [6.07, 6.45) is 5.31. The van der Waals surface area contributed by atoms with E-state index in [-0.39, 0.29) is 5.38 Å². The Balaban J connectivity index is 2.29. The minimum Gasteiger partial charge on any atom is -0.322 e. The van der Waals surface area contributed by atoms with Gasteiger partial charge in [0.25, 0.3) is 0 Å². The zero-order valence-corrected chi connectivity index (χ0v) is 9.02. The molecular weight excluding hydrogens is 207 g/mol. The molecule has 1 saturated carbocycles. The Bertz CT molecular complexity index is 309. The second-order valence-electron chi connectivity index (χ2n) is 3.56. The number of alkyl halides is 1. The Morgan fingerprint density at radius 2 is 2.31 bits per heavy atom. The monoisotopic (exact) mass is 218 g/mol. The molecular formula is C9H12Cl2N2. The van der Waals surface area contributed by atoms with Gasteiger partial charge in [-0.05, 0) is 24.4 Å². The van der Waals surface area contributed by atoms with E-state index in [1.165, 1.54) is 12.1 Å². The Labute approximate surface area is 87.9 Å². The maximum atomic E-state index is 6.21. The average Bonchev–Trinajstić information content (AvgIpc) is 2.62. The first-order valence-corrected chi connectivity index (χ1v) is 5.33. The van der Waals surface area contributed by atoms with Crippen molar-refractivity contribution in [2.45, 2.75) is 30.6 Å². The van der Waals surface area contributed by atoms with Crippen LogP contribution >= 0.6 is 23.2 Å². The van der Waals surface area contributed by atoms with Gasteiger partial charge in [-0.2, -0.15) is 0 Å². The van der Waals surface area contributed by atoms with E-state index >= 15 is 0 Å². The van der Waals surface area contributed by atoms with E-state index in [1.807, 2.05) is 17.8 Å². The fourth-order valence-corrected chi connectivity index (χ4v) is 2.55. The first kappa shape index (κ1) is 9.35. The van der Waals surface area contributed by atoms with Gasteiger partial charge in [-0.15, -0.1) is 11.6 Å². The minimum atomic E-state index is 0.256. The van der Waals surface area contributed by atoms with E-state index in [0.29, 0.717) is 11.2 Å². The van der Waals surface area contributed by atoms with E-state index in [2.05, 4.69) is 4.98 Å². The van der Waals surface area contributed by atoms with Gasteiger partial charge in [-0.25, -0.2) is 4.98 Å². The van der Waals surface area contributed by atoms with Crippen LogP contribution in [0.15, 0.2) is 6.20 Å². The summed E-state index contributed by atoms with van der Waals surface area (Å²) < 4.78 is 1.92. The summed E-state index contributed by atoms with van der Waals surface area (Å²) in [6.45, 7) is 0. The third-order valence-electron chi connectivity index (χ3n) is 2.78. The molecule has 2 nitrogen and oxygen atoms in total. The second kappa shape index (κ2) is 3.50. The average molecular weight is 219 g/mol. The van der Waals surface area contributed by atoms with Crippen molar-refractivity contribution >= 4 is 23.2 Å². The predicted octanol–water partition coefficient (Wildman–Crippen LogP) is 2.95. The first-order valence-electron chi connectivity index (χ1n) is 4.51. The maximum Gasteiger partial charge on any atom is 0.202 e. The molecule has 2 unspecified atom stereocenters. The highest BCUT2D eigenvalue weighted by Gasteiger charge is 2.29. The van der Waals surface area contributed by atoms with Gasteiger partial charge >= 0.3 is 0 Å². The van der Waals surface area contributed by atoms with Crippen LogP contribution in [-0.2, 0) is 7.05 Å². The molecule has 1 heterocycles. The smallest absolute Gasteiger partial charge is 0.202 e. The van der Waals surface area contributed by atoms with E-state index in [1.54, 1.807) is 0 Å². The Hall–Kier alpha value is -0.210. The molecule has 72 valence electrons. The summed E-state index contributed by atoms with van der Waals surface area (Å²) in [5.41, 5.74) is 1.17. The number of rotatable bonds is 1. The molecule has 1 aromatic rings. The van der Waals surface area contributed by atoms with Gasteiger partial charge in [0.1, 0.15) is 0 Å². The SMILES string of the molecule is Cn1c(C2CCCC2Cl)cnc1Cl. The van der Waals surface area contributed by atoms with Crippen molar-refractivity contribution in [2.24, 2.45) is 7.05 Å². The molecule has 0 aromatic carbocycles. The summed E-state index contributed by atoms with van der Waals surface area (Å²) in [5, 5.41) is 0.803. The number of aromatic nitrogens is 2. The topological polar surface area (TPSA) is 17.8 Å². The lowest BCUT2D eigenvalue weighted by molar-refractivity contribution is 0.662. The van der Waals surface area contributed by atoms with E-state index in [9.17, 15) is 0 Å². The lowest BCUT2D eigenvalue weighted by atomic mass is 10.0.